The summed E-state index contributed by atoms with van der Waals surface area (Å²) < 4.78 is 22.9. The summed E-state index contributed by atoms with van der Waals surface area (Å²) in [6, 6.07) is 22.6. The summed E-state index contributed by atoms with van der Waals surface area (Å²) in [5.74, 6) is 1.75. The molecule has 2 aliphatic rings. The van der Waals surface area contributed by atoms with E-state index in [4.69, 9.17) is 24.7 Å². The molecule has 1 atom stereocenters. The van der Waals surface area contributed by atoms with Gasteiger partial charge in [0, 0.05) is 22.8 Å². The van der Waals surface area contributed by atoms with Gasteiger partial charge < -0.3 is 24.7 Å². The van der Waals surface area contributed by atoms with Gasteiger partial charge in [-0.05, 0) is 18.2 Å². The van der Waals surface area contributed by atoms with Crippen LogP contribution < -0.4 is 24.7 Å². The minimum Gasteiger partial charge on any atom is -0.489 e. The second kappa shape index (κ2) is 7.90. The van der Waals surface area contributed by atoms with Gasteiger partial charge in [0.1, 0.15) is 29.7 Å². The Hall–Kier alpha value is -4.62. The number of fused-ring (bicyclic) bond motifs is 2. The summed E-state index contributed by atoms with van der Waals surface area (Å²) in [5, 5.41) is 19.2. The molecule has 7 nitrogen and oxygen atoms in total. The molecule has 7 heteroatoms. The summed E-state index contributed by atoms with van der Waals surface area (Å²) in [6.07, 6.45) is 0. The van der Waals surface area contributed by atoms with Crippen molar-refractivity contribution in [3.05, 3.63) is 94.4 Å². The summed E-state index contributed by atoms with van der Waals surface area (Å²) in [6.45, 7) is 0.327. The Balaban J connectivity index is 1.58. The van der Waals surface area contributed by atoms with E-state index < -0.39 is 5.92 Å². The zero-order valence-corrected chi connectivity index (χ0v) is 16.9. The number of nitriles is 2. The minimum atomic E-state index is -0.513. The van der Waals surface area contributed by atoms with Crippen molar-refractivity contribution in [3.63, 3.8) is 0 Å². The molecule has 3 aromatic carbocycles. The minimum absolute atomic E-state index is 0.0356. The van der Waals surface area contributed by atoms with Gasteiger partial charge in [-0.25, -0.2) is 0 Å². The van der Waals surface area contributed by atoms with Crippen LogP contribution in [0.1, 0.15) is 28.2 Å². The molecule has 156 valence electrons. The summed E-state index contributed by atoms with van der Waals surface area (Å²) in [4.78, 5) is 0. The molecule has 0 radical (unpaired) electrons. The smallest absolute Gasteiger partial charge is 0.231 e. The number of nitrogens with two attached hydrogens (primary N) is 1. The topological polar surface area (TPSA) is 111 Å². The highest BCUT2D eigenvalue weighted by atomic mass is 16.7. The van der Waals surface area contributed by atoms with Gasteiger partial charge in [-0.3, -0.25) is 0 Å². The van der Waals surface area contributed by atoms with Gasteiger partial charge in [0.15, 0.2) is 11.5 Å². The summed E-state index contributed by atoms with van der Waals surface area (Å²) in [7, 11) is 0. The second-order valence-electron chi connectivity index (χ2n) is 7.26. The van der Waals surface area contributed by atoms with E-state index in [9.17, 15) is 10.5 Å². The van der Waals surface area contributed by atoms with Crippen LogP contribution in [0.5, 0.6) is 23.0 Å². The molecule has 0 aromatic heterocycles. The van der Waals surface area contributed by atoms with Crippen LogP contribution in [0.15, 0.2) is 72.1 Å². The maximum Gasteiger partial charge on any atom is 0.231 e. The van der Waals surface area contributed by atoms with Crippen molar-refractivity contribution in [1.82, 2.24) is 0 Å². The normalized spacial score (nSPS) is 15.9. The lowest BCUT2D eigenvalue weighted by Crippen LogP contribution is -2.21. The van der Waals surface area contributed by atoms with Crippen LogP contribution in [0.2, 0.25) is 0 Å². The SMILES string of the molecule is N#CC1=C(N)Oc2cc3c(cc2C1c1ccccc1OCc1ccccc1C#N)OCO3. The average Bonchev–Trinajstić information content (AvgIpc) is 3.28. The largest absolute Gasteiger partial charge is 0.489 e. The van der Waals surface area contributed by atoms with E-state index in [0.29, 0.717) is 28.6 Å². The molecule has 2 heterocycles. The second-order valence-corrected chi connectivity index (χ2v) is 7.26. The monoisotopic (exact) mass is 423 g/mol. The molecule has 0 bridgehead atoms. The highest BCUT2D eigenvalue weighted by Crippen LogP contribution is 2.49. The van der Waals surface area contributed by atoms with Crippen molar-refractivity contribution in [2.45, 2.75) is 12.5 Å². The van der Waals surface area contributed by atoms with Crippen LogP contribution in [0, 0.1) is 22.7 Å². The van der Waals surface area contributed by atoms with Gasteiger partial charge in [0.2, 0.25) is 12.7 Å². The lowest BCUT2D eigenvalue weighted by Gasteiger charge is -2.28. The molecule has 0 spiro atoms. The van der Waals surface area contributed by atoms with Crippen molar-refractivity contribution in [2.75, 3.05) is 6.79 Å². The standard InChI is InChI=1S/C25H17N3O4/c26-11-15-5-1-2-6-16(15)13-29-20-8-4-3-7-17(20)24-18-9-22-23(31-14-30-22)10-21(18)32-25(28)19(24)12-27/h1-10,24H,13-14,28H2. The Kier molecular flexibility index (Phi) is 4.78. The predicted molar refractivity (Wildman–Crippen MR) is 114 cm³/mol. The molecule has 32 heavy (non-hydrogen) atoms. The van der Waals surface area contributed by atoms with Crippen molar-refractivity contribution >= 4 is 0 Å². The third-order valence-electron chi connectivity index (χ3n) is 5.46. The molecule has 0 saturated heterocycles. The van der Waals surface area contributed by atoms with Crippen LogP contribution in [-0.4, -0.2) is 6.79 Å². The van der Waals surface area contributed by atoms with Gasteiger partial charge in [-0.2, -0.15) is 10.5 Å². The quantitative estimate of drug-likeness (QED) is 0.673. The molecular formula is C25H17N3O4. The van der Waals surface area contributed by atoms with Crippen LogP contribution in [0.3, 0.4) is 0 Å². The zero-order chi connectivity index (χ0) is 22.1. The number of allylic oxidation sites excluding steroid dienone is 1. The van der Waals surface area contributed by atoms with Crippen molar-refractivity contribution in [2.24, 2.45) is 5.73 Å². The van der Waals surface area contributed by atoms with Crippen molar-refractivity contribution < 1.29 is 18.9 Å². The van der Waals surface area contributed by atoms with E-state index in [1.54, 1.807) is 12.1 Å². The third kappa shape index (κ3) is 3.23. The molecule has 3 aromatic rings. The van der Waals surface area contributed by atoms with E-state index in [0.717, 1.165) is 16.7 Å². The molecule has 1 unspecified atom stereocenters. The highest BCUT2D eigenvalue weighted by molar-refractivity contribution is 5.63. The van der Waals surface area contributed by atoms with Gasteiger partial charge in [-0.1, -0.05) is 36.4 Å². The molecule has 2 aliphatic heterocycles. The number of nitrogens with zero attached hydrogens (tertiary/aromatic N) is 2. The molecule has 0 amide bonds. The fourth-order valence-corrected chi connectivity index (χ4v) is 3.93. The molecule has 0 aliphatic carbocycles. The summed E-state index contributed by atoms with van der Waals surface area (Å²) in [5.41, 5.74) is 9.21. The van der Waals surface area contributed by atoms with Gasteiger partial charge in [-0.15, -0.1) is 0 Å². The lowest BCUT2D eigenvalue weighted by atomic mass is 9.83. The Morgan fingerprint density at radius 3 is 2.47 bits per heavy atom. The van der Waals surface area contributed by atoms with E-state index in [-0.39, 0.29) is 24.9 Å². The number of para-hydroxylation sites is 1. The van der Waals surface area contributed by atoms with Crippen molar-refractivity contribution in [1.29, 1.82) is 10.5 Å². The van der Waals surface area contributed by atoms with Crippen LogP contribution in [-0.2, 0) is 6.61 Å². The third-order valence-corrected chi connectivity index (χ3v) is 5.46. The molecular weight excluding hydrogens is 406 g/mol. The summed E-state index contributed by atoms with van der Waals surface area (Å²) >= 11 is 0. The first-order chi connectivity index (χ1) is 15.7. The first kappa shape index (κ1) is 19.3. The first-order valence-electron chi connectivity index (χ1n) is 9.90. The van der Waals surface area contributed by atoms with Crippen LogP contribution in [0.4, 0.5) is 0 Å². The predicted octanol–water partition coefficient (Wildman–Crippen LogP) is 4.08. The van der Waals surface area contributed by atoms with E-state index in [1.165, 1.54) is 0 Å². The van der Waals surface area contributed by atoms with E-state index in [2.05, 4.69) is 12.1 Å². The van der Waals surface area contributed by atoms with Gasteiger partial charge >= 0.3 is 0 Å². The number of hydrogen-bond acceptors (Lipinski definition) is 7. The number of hydrogen-bond donors (Lipinski definition) is 1. The first-order valence-corrected chi connectivity index (χ1v) is 9.90. The number of rotatable bonds is 4. The fraction of sp³-hybridized carbons (Fsp3) is 0.120. The molecule has 0 fully saturated rings. The number of benzene rings is 3. The lowest BCUT2D eigenvalue weighted by molar-refractivity contribution is 0.174. The Morgan fingerprint density at radius 2 is 1.66 bits per heavy atom. The van der Waals surface area contributed by atoms with Crippen molar-refractivity contribution in [3.8, 4) is 35.1 Å². The van der Waals surface area contributed by atoms with E-state index >= 15 is 0 Å². The molecule has 0 saturated carbocycles. The molecule has 2 N–H and O–H groups in total. The average molecular weight is 423 g/mol. The zero-order valence-electron chi connectivity index (χ0n) is 16.9. The maximum atomic E-state index is 9.88. The number of ether oxygens (including phenoxy) is 4. The Bertz CT molecular complexity index is 1330. The molecule has 5 rings (SSSR count). The van der Waals surface area contributed by atoms with Crippen LogP contribution in [0.25, 0.3) is 0 Å². The maximum absolute atomic E-state index is 9.88. The van der Waals surface area contributed by atoms with E-state index in [1.807, 2.05) is 48.5 Å². The van der Waals surface area contributed by atoms with Gasteiger partial charge in [0.05, 0.1) is 17.6 Å². The van der Waals surface area contributed by atoms with Gasteiger partial charge in [0.25, 0.3) is 0 Å². The Morgan fingerprint density at radius 1 is 0.906 bits per heavy atom. The Labute approximate surface area is 184 Å². The highest BCUT2D eigenvalue weighted by Gasteiger charge is 2.34. The fourth-order valence-electron chi connectivity index (χ4n) is 3.93. The van der Waals surface area contributed by atoms with Crippen LogP contribution >= 0.6 is 0 Å².